The van der Waals surface area contributed by atoms with E-state index in [2.05, 4.69) is 20.9 Å². The summed E-state index contributed by atoms with van der Waals surface area (Å²) >= 11 is 0. The molecule has 3 aromatic rings. The van der Waals surface area contributed by atoms with E-state index in [9.17, 15) is 14.4 Å². The summed E-state index contributed by atoms with van der Waals surface area (Å²) in [6.07, 6.45) is 1.54. The number of rotatable bonds is 5. The zero-order valence-electron chi connectivity index (χ0n) is 15.1. The topological polar surface area (TPSA) is 100 Å². The van der Waals surface area contributed by atoms with E-state index in [1.54, 1.807) is 72.9 Å². The van der Waals surface area contributed by atoms with E-state index in [0.717, 1.165) is 0 Å². The average molecular weight is 374 g/mol. The lowest BCUT2D eigenvalue weighted by Gasteiger charge is -2.09. The van der Waals surface area contributed by atoms with Crippen LogP contribution in [-0.2, 0) is 4.79 Å². The summed E-state index contributed by atoms with van der Waals surface area (Å²) in [4.78, 5) is 39.6. The molecule has 0 saturated carbocycles. The Morgan fingerprint density at radius 1 is 0.714 bits per heavy atom. The molecule has 0 spiro atoms. The molecule has 1 heterocycles. The molecular weight excluding hydrogens is 356 g/mol. The normalized spacial score (nSPS) is 10.0. The zero-order chi connectivity index (χ0) is 19.9. The molecule has 3 amide bonds. The van der Waals surface area contributed by atoms with E-state index in [0.29, 0.717) is 28.3 Å². The van der Waals surface area contributed by atoms with Gasteiger partial charge in [0.15, 0.2) is 0 Å². The molecule has 28 heavy (non-hydrogen) atoms. The van der Waals surface area contributed by atoms with Crippen molar-refractivity contribution >= 4 is 34.8 Å². The molecule has 0 radical (unpaired) electrons. The molecule has 3 rings (SSSR count). The fraction of sp³-hybridized carbons (Fsp3) is 0.0476. The Hall–Kier alpha value is -4.00. The Bertz CT molecular complexity index is 1000. The predicted octanol–water partition coefficient (Wildman–Crippen LogP) is 3.54. The van der Waals surface area contributed by atoms with Gasteiger partial charge in [-0.3, -0.25) is 19.4 Å². The minimum absolute atomic E-state index is 0.188. The highest BCUT2D eigenvalue weighted by Gasteiger charge is 2.09. The number of aromatic nitrogens is 1. The third-order valence-electron chi connectivity index (χ3n) is 3.74. The molecule has 7 nitrogen and oxygen atoms in total. The molecule has 0 unspecified atom stereocenters. The maximum absolute atomic E-state index is 12.4. The van der Waals surface area contributed by atoms with Gasteiger partial charge in [0.05, 0.1) is 0 Å². The summed E-state index contributed by atoms with van der Waals surface area (Å²) in [6.45, 7) is 1.42. The number of pyridine rings is 1. The highest BCUT2D eigenvalue weighted by molar-refractivity contribution is 6.06. The van der Waals surface area contributed by atoms with Gasteiger partial charge in [-0.15, -0.1) is 0 Å². The van der Waals surface area contributed by atoms with E-state index < -0.39 is 0 Å². The fourth-order valence-electron chi connectivity index (χ4n) is 2.48. The van der Waals surface area contributed by atoms with E-state index in [1.165, 1.54) is 6.92 Å². The first-order valence-corrected chi connectivity index (χ1v) is 8.53. The van der Waals surface area contributed by atoms with Crippen LogP contribution in [0, 0.1) is 0 Å². The molecule has 0 saturated heterocycles. The molecule has 2 aromatic carbocycles. The highest BCUT2D eigenvalue weighted by Crippen LogP contribution is 2.17. The predicted molar refractivity (Wildman–Crippen MR) is 107 cm³/mol. The zero-order valence-corrected chi connectivity index (χ0v) is 15.1. The lowest BCUT2D eigenvalue weighted by Crippen LogP contribution is -2.14. The summed E-state index contributed by atoms with van der Waals surface area (Å²) in [5, 5.41) is 8.16. The number of nitrogens with one attached hydrogen (secondary N) is 3. The third-order valence-corrected chi connectivity index (χ3v) is 3.74. The number of hydrogen-bond acceptors (Lipinski definition) is 4. The van der Waals surface area contributed by atoms with Crippen LogP contribution in [-0.4, -0.2) is 22.7 Å². The van der Waals surface area contributed by atoms with E-state index in [-0.39, 0.29) is 17.7 Å². The van der Waals surface area contributed by atoms with Gasteiger partial charge >= 0.3 is 0 Å². The van der Waals surface area contributed by atoms with Gasteiger partial charge in [0.2, 0.25) is 5.91 Å². The van der Waals surface area contributed by atoms with Crippen LogP contribution in [0.15, 0.2) is 72.9 Å². The van der Waals surface area contributed by atoms with Crippen LogP contribution in [0.4, 0.5) is 17.1 Å². The first-order chi connectivity index (χ1) is 13.5. The van der Waals surface area contributed by atoms with Crippen molar-refractivity contribution in [3.05, 3.63) is 84.2 Å². The van der Waals surface area contributed by atoms with Crippen LogP contribution in [0.25, 0.3) is 0 Å². The molecule has 0 aliphatic rings. The molecule has 3 N–H and O–H groups in total. The molecule has 0 atom stereocenters. The SMILES string of the molecule is CC(=O)Nc1cccc(NC(=O)c2ccc(NC(=O)c3ccccn3)cc2)c1. The van der Waals surface area contributed by atoms with Crippen LogP contribution in [0.3, 0.4) is 0 Å². The Balaban J connectivity index is 1.64. The first-order valence-electron chi connectivity index (χ1n) is 8.53. The summed E-state index contributed by atoms with van der Waals surface area (Å²) in [5.41, 5.74) is 2.45. The Morgan fingerprint density at radius 3 is 2.04 bits per heavy atom. The van der Waals surface area contributed by atoms with Gasteiger partial charge in [-0.25, -0.2) is 0 Å². The largest absolute Gasteiger partial charge is 0.326 e. The number of hydrogen-bond donors (Lipinski definition) is 3. The molecule has 0 fully saturated rings. The fourth-order valence-corrected chi connectivity index (χ4v) is 2.48. The quantitative estimate of drug-likeness (QED) is 0.636. The molecule has 7 heteroatoms. The minimum Gasteiger partial charge on any atom is -0.326 e. The smallest absolute Gasteiger partial charge is 0.274 e. The molecular formula is C21H18N4O3. The van der Waals surface area contributed by atoms with Crippen molar-refractivity contribution in [3.8, 4) is 0 Å². The number of carbonyl (C=O) groups excluding carboxylic acids is 3. The molecule has 1 aromatic heterocycles. The van der Waals surface area contributed by atoms with E-state index in [4.69, 9.17) is 0 Å². The minimum atomic E-state index is -0.326. The summed E-state index contributed by atoms with van der Waals surface area (Å²) in [6, 6.07) is 18.5. The molecule has 0 bridgehead atoms. The van der Waals surface area contributed by atoms with Crippen molar-refractivity contribution in [1.82, 2.24) is 4.98 Å². The van der Waals surface area contributed by atoms with Crippen molar-refractivity contribution in [3.63, 3.8) is 0 Å². The van der Waals surface area contributed by atoms with Crippen molar-refractivity contribution in [2.75, 3.05) is 16.0 Å². The van der Waals surface area contributed by atoms with Crippen molar-refractivity contribution in [2.24, 2.45) is 0 Å². The Morgan fingerprint density at radius 2 is 1.39 bits per heavy atom. The summed E-state index contributed by atoms with van der Waals surface area (Å²) in [7, 11) is 0. The van der Waals surface area contributed by atoms with Crippen LogP contribution >= 0.6 is 0 Å². The summed E-state index contributed by atoms with van der Waals surface area (Å²) in [5.74, 6) is -0.818. The second kappa shape index (κ2) is 8.59. The molecule has 0 aliphatic carbocycles. The van der Waals surface area contributed by atoms with Gasteiger partial charge in [-0.05, 0) is 54.6 Å². The van der Waals surface area contributed by atoms with Gasteiger partial charge in [0.25, 0.3) is 11.8 Å². The van der Waals surface area contributed by atoms with Crippen LogP contribution in [0.2, 0.25) is 0 Å². The standard InChI is InChI=1S/C21H18N4O3/c1-14(26)23-17-5-4-6-18(13-17)25-20(27)15-8-10-16(11-9-15)24-21(28)19-7-2-3-12-22-19/h2-13H,1H3,(H,23,26)(H,24,28)(H,25,27). The van der Waals surface area contributed by atoms with Crippen LogP contribution in [0.5, 0.6) is 0 Å². The number of nitrogens with zero attached hydrogens (tertiary/aromatic N) is 1. The van der Waals surface area contributed by atoms with Crippen molar-refractivity contribution in [1.29, 1.82) is 0 Å². The Labute approximate surface area is 161 Å². The van der Waals surface area contributed by atoms with Crippen molar-refractivity contribution in [2.45, 2.75) is 6.92 Å². The van der Waals surface area contributed by atoms with Crippen LogP contribution < -0.4 is 16.0 Å². The Kier molecular flexibility index (Phi) is 5.76. The lowest BCUT2D eigenvalue weighted by molar-refractivity contribution is -0.114. The number of benzene rings is 2. The maximum Gasteiger partial charge on any atom is 0.274 e. The maximum atomic E-state index is 12.4. The average Bonchev–Trinajstić information content (AvgIpc) is 2.69. The first kappa shape index (κ1) is 18.8. The second-order valence-corrected chi connectivity index (χ2v) is 5.96. The highest BCUT2D eigenvalue weighted by atomic mass is 16.2. The number of amides is 3. The van der Waals surface area contributed by atoms with Gasteiger partial charge in [0.1, 0.15) is 5.69 Å². The third kappa shape index (κ3) is 5.01. The summed E-state index contributed by atoms with van der Waals surface area (Å²) < 4.78 is 0. The number of anilines is 3. The monoisotopic (exact) mass is 374 g/mol. The second-order valence-electron chi connectivity index (χ2n) is 5.96. The van der Waals surface area contributed by atoms with E-state index >= 15 is 0 Å². The lowest BCUT2D eigenvalue weighted by atomic mass is 10.2. The van der Waals surface area contributed by atoms with E-state index in [1.807, 2.05) is 0 Å². The van der Waals surface area contributed by atoms with Gasteiger partial charge in [0, 0.05) is 35.7 Å². The van der Waals surface area contributed by atoms with Crippen molar-refractivity contribution < 1.29 is 14.4 Å². The molecule has 140 valence electrons. The van der Waals surface area contributed by atoms with Gasteiger partial charge in [-0.2, -0.15) is 0 Å². The van der Waals surface area contributed by atoms with Crippen LogP contribution in [0.1, 0.15) is 27.8 Å². The van der Waals surface area contributed by atoms with Gasteiger partial charge in [-0.1, -0.05) is 12.1 Å². The number of carbonyl (C=O) groups is 3. The molecule has 0 aliphatic heterocycles. The van der Waals surface area contributed by atoms with Gasteiger partial charge < -0.3 is 16.0 Å².